The first-order valence-electron chi connectivity index (χ1n) is 7.45. The van der Waals surface area contributed by atoms with E-state index in [1.54, 1.807) is 30.3 Å². The third-order valence-corrected chi connectivity index (χ3v) is 3.14. The van der Waals surface area contributed by atoms with Gasteiger partial charge in [0, 0.05) is 6.92 Å². The average Bonchev–Trinajstić information content (AvgIpc) is 2.51. The summed E-state index contributed by atoms with van der Waals surface area (Å²) >= 11 is 0. The van der Waals surface area contributed by atoms with Crippen LogP contribution in [0.3, 0.4) is 0 Å². The maximum atomic E-state index is 12.4. The lowest BCUT2D eigenvalue weighted by Crippen LogP contribution is -2.42. The molecule has 2 atom stereocenters. The second-order valence-electron chi connectivity index (χ2n) is 5.60. The van der Waals surface area contributed by atoms with E-state index in [2.05, 4.69) is 5.32 Å². The van der Waals surface area contributed by atoms with Gasteiger partial charge in [-0.15, -0.1) is 0 Å². The maximum Gasteiger partial charge on any atom is 0.333 e. The molecule has 126 valence electrons. The molecule has 0 unspecified atom stereocenters. The number of carbonyl (C=O) groups is 3. The Hall–Kier alpha value is -2.37. The van der Waals surface area contributed by atoms with Gasteiger partial charge in [0.15, 0.2) is 12.1 Å². The average molecular weight is 321 g/mol. The zero-order valence-corrected chi connectivity index (χ0v) is 13.9. The second kappa shape index (κ2) is 8.92. The van der Waals surface area contributed by atoms with Crippen LogP contribution in [-0.4, -0.2) is 31.1 Å². The Morgan fingerprint density at radius 2 is 1.74 bits per heavy atom. The van der Waals surface area contributed by atoms with Crippen LogP contribution < -0.4 is 5.32 Å². The Kier molecular flexibility index (Phi) is 7.25. The molecular formula is C17H23NO5. The van der Waals surface area contributed by atoms with Crippen LogP contribution in [0, 0.1) is 5.92 Å². The topological polar surface area (TPSA) is 81.7 Å². The number of methoxy groups -OCH3 is 1. The number of benzene rings is 1. The SMILES string of the molecule is COC(=O)[C@@H](NC(=O)[C@H](CC(C)C)OC(C)=O)c1ccccc1. The van der Waals surface area contributed by atoms with Crippen LogP contribution in [0.5, 0.6) is 0 Å². The fourth-order valence-electron chi connectivity index (χ4n) is 2.11. The van der Waals surface area contributed by atoms with Crippen molar-refractivity contribution in [3.05, 3.63) is 35.9 Å². The zero-order valence-electron chi connectivity index (χ0n) is 13.9. The molecule has 0 aliphatic heterocycles. The lowest BCUT2D eigenvalue weighted by molar-refractivity contribution is -0.156. The van der Waals surface area contributed by atoms with Crippen LogP contribution in [0.4, 0.5) is 0 Å². The largest absolute Gasteiger partial charge is 0.467 e. The summed E-state index contributed by atoms with van der Waals surface area (Å²) in [6.07, 6.45) is -0.572. The summed E-state index contributed by atoms with van der Waals surface area (Å²) in [5, 5.41) is 2.60. The highest BCUT2D eigenvalue weighted by molar-refractivity contribution is 5.88. The Labute approximate surface area is 136 Å². The number of rotatable bonds is 7. The molecule has 6 nitrogen and oxygen atoms in total. The number of amides is 1. The Morgan fingerprint density at radius 3 is 2.22 bits per heavy atom. The standard InChI is InChI=1S/C17H23NO5/c1-11(2)10-14(23-12(3)19)16(20)18-15(17(21)22-4)13-8-6-5-7-9-13/h5-9,11,14-15H,10H2,1-4H3,(H,18,20)/t14-,15-/m0/s1. The van der Waals surface area contributed by atoms with Gasteiger partial charge in [0.2, 0.25) is 0 Å². The molecular weight excluding hydrogens is 298 g/mol. The van der Waals surface area contributed by atoms with Gasteiger partial charge in [0.1, 0.15) is 0 Å². The minimum absolute atomic E-state index is 0.151. The summed E-state index contributed by atoms with van der Waals surface area (Å²) in [5.74, 6) is -1.50. The van der Waals surface area contributed by atoms with Crippen molar-refractivity contribution in [3.8, 4) is 0 Å². The molecule has 0 aliphatic rings. The monoisotopic (exact) mass is 321 g/mol. The predicted octanol–water partition coefficient (Wildman–Crippen LogP) is 1.99. The van der Waals surface area contributed by atoms with Crippen LogP contribution in [0.1, 0.15) is 38.8 Å². The van der Waals surface area contributed by atoms with Gasteiger partial charge in [-0.1, -0.05) is 44.2 Å². The molecule has 0 fully saturated rings. The fraction of sp³-hybridized carbons (Fsp3) is 0.471. The first-order chi connectivity index (χ1) is 10.8. The van der Waals surface area contributed by atoms with E-state index in [-0.39, 0.29) is 5.92 Å². The Bertz CT molecular complexity index is 541. The number of hydrogen-bond donors (Lipinski definition) is 1. The van der Waals surface area contributed by atoms with Crippen molar-refractivity contribution in [2.75, 3.05) is 7.11 Å². The van der Waals surface area contributed by atoms with Crippen LogP contribution in [0.25, 0.3) is 0 Å². The molecule has 1 amide bonds. The number of esters is 2. The predicted molar refractivity (Wildman–Crippen MR) is 84.4 cm³/mol. The summed E-state index contributed by atoms with van der Waals surface area (Å²) in [6.45, 7) is 5.08. The number of hydrogen-bond acceptors (Lipinski definition) is 5. The van der Waals surface area contributed by atoms with E-state index in [9.17, 15) is 14.4 Å². The van der Waals surface area contributed by atoms with Gasteiger partial charge < -0.3 is 14.8 Å². The van der Waals surface area contributed by atoms with Gasteiger partial charge >= 0.3 is 11.9 Å². The van der Waals surface area contributed by atoms with Gasteiger partial charge in [-0.2, -0.15) is 0 Å². The molecule has 0 bridgehead atoms. The molecule has 0 spiro atoms. The quantitative estimate of drug-likeness (QED) is 0.777. The van der Waals surface area contributed by atoms with E-state index in [1.807, 2.05) is 13.8 Å². The number of ether oxygens (including phenoxy) is 2. The minimum atomic E-state index is -0.945. The molecule has 1 N–H and O–H groups in total. The second-order valence-corrected chi connectivity index (χ2v) is 5.60. The molecule has 23 heavy (non-hydrogen) atoms. The van der Waals surface area contributed by atoms with Crippen molar-refractivity contribution in [1.29, 1.82) is 0 Å². The maximum absolute atomic E-state index is 12.4. The Balaban J connectivity index is 2.94. The molecule has 6 heteroatoms. The summed E-state index contributed by atoms with van der Waals surface area (Å²) in [6, 6.07) is 7.81. The third kappa shape index (κ3) is 6.10. The molecule has 1 aromatic rings. The van der Waals surface area contributed by atoms with Crippen molar-refractivity contribution in [2.45, 2.75) is 39.3 Å². The van der Waals surface area contributed by atoms with Crippen molar-refractivity contribution >= 4 is 17.8 Å². The molecule has 0 saturated heterocycles. The molecule has 0 saturated carbocycles. The molecule has 0 heterocycles. The Morgan fingerprint density at radius 1 is 1.13 bits per heavy atom. The summed E-state index contributed by atoms with van der Waals surface area (Å²) < 4.78 is 9.82. The zero-order chi connectivity index (χ0) is 17.4. The van der Waals surface area contributed by atoms with E-state index < -0.39 is 30.0 Å². The van der Waals surface area contributed by atoms with Crippen molar-refractivity contribution in [2.24, 2.45) is 5.92 Å². The van der Waals surface area contributed by atoms with Crippen LogP contribution >= 0.6 is 0 Å². The molecule has 0 radical (unpaired) electrons. The van der Waals surface area contributed by atoms with Crippen LogP contribution in [0.2, 0.25) is 0 Å². The van der Waals surface area contributed by atoms with Gasteiger partial charge in [0.05, 0.1) is 7.11 Å². The van der Waals surface area contributed by atoms with Gasteiger partial charge in [-0.05, 0) is 17.9 Å². The molecule has 1 rings (SSSR count). The third-order valence-electron chi connectivity index (χ3n) is 3.14. The van der Waals surface area contributed by atoms with Crippen molar-refractivity contribution < 1.29 is 23.9 Å². The lowest BCUT2D eigenvalue weighted by atomic mass is 10.0. The molecule has 1 aromatic carbocycles. The molecule has 0 aromatic heterocycles. The van der Waals surface area contributed by atoms with Crippen LogP contribution in [-0.2, 0) is 23.9 Å². The normalized spacial score (nSPS) is 13.1. The summed E-state index contributed by atoms with van der Waals surface area (Å²) in [7, 11) is 1.25. The fourth-order valence-corrected chi connectivity index (χ4v) is 2.11. The van der Waals surface area contributed by atoms with Crippen molar-refractivity contribution in [1.82, 2.24) is 5.32 Å². The van der Waals surface area contributed by atoms with E-state index in [0.717, 1.165) is 0 Å². The molecule has 0 aliphatic carbocycles. The van der Waals surface area contributed by atoms with E-state index in [1.165, 1.54) is 14.0 Å². The van der Waals surface area contributed by atoms with Gasteiger partial charge in [-0.3, -0.25) is 9.59 Å². The summed E-state index contributed by atoms with van der Waals surface area (Å²) in [4.78, 5) is 35.6. The smallest absolute Gasteiger partial charge is 0.333 e. The lowest BCUT2D eigenvalue weighted by Gasteiger charge is -2.22. The minimum Gasteiger partial charge on any atom is -0.467 e. The highest BCUT2D eigenvalue weighted by atomic mass is 16.5. The van der Waals surface area contributed by atoms with E-state index >= 15 is 0 Å². The highest BCUT2D eigenvalue weighted by Crippen LogP contribution is 2.16. The first kappa shape index (κ1) is 18.7. The first-order valence-corrected chi connectivity index (χ1v) is 7.45. The van der Waals surface area contributed by atoms with Gasteiger partial charge in [0.25, 0.3) is 5.91 Å². The summed E-state index contributed by atoms with van der Waals surface area (Å²) in [5.41, 5.74) is 0.596. The number of carbonyl (C=O) groups excluding carboxylic acids is 3. The van der Waals surface area contributed by atoms with Crippen molar-refractivity contribution in [3.63, 3.8) is 0 Å². The highest BCUT2D eigenvalue weighted by Gasteiger charge is 2.29. The number of nitrogens with one attached hydrogen (secondary N) is 1. The van der Waals surface area contributed by atoms with E-state index in [4.69, 9.17) is 9.47 Å². The van der Waals surface area contributed by atoms with Crippen LogP contribution in [0.15, 0.2) is 30.3 Å². The van der Waals surface area contributed by atoms with Gasteiger partial charge in [-0.25, -0.2) is 4.79 Å². The van der Waals surface area contributed by atoms with E-state index in [0.29, 0.717) is 12.0 Å².